The van der Waals surface area contributed by atoms with E-state index in [1.165, 1.54) is 0 Å². The van der Waals surface area contributed by atoms with Crippen molar-refractivity contribution < 1.29 is 14.3 Å². The maximum absolute atomic E-state index is 13.1. The first-order valence-corrected chi connectivity index (χ1v) is 12.2. The first-order chi connectivity index (χ1) is 17.9. The Balaban J connectivity index is 1.64. The van der Waals surface area contributed by atoms with Gasteiger partial charge < -0.3 is 15.8 Å². The van der Waals surface area contributed by atoms with Crippen molar-refractivity contribution in [2.45, 2.75) is 32.4 Å². The van der Waals surface area contributed by atoms with Crippen LogP contribution in [0.25, 0.3) is 10.8 Å². The minimum atomic E-state index is -1.38. The van der Waals surface area contributed by atoms with Crippen molar-refractivity contribution in [3.8, 4) is 6.07 Å². The van der Waals surface area contributed by atoms with Crippen molar-refractivity contribution in [1.82, 2.24) is 5.32 Å². The van der Waals surface area contributed by atoms with Crippen molar-refractivity contribution >= 4 is 22.6 Å². The van der Waals surface area contributed by atoms with E-state index >= 15 is 0 Å². The van der Waals surface area contributed by atoms with E-state index in [9.17, 15) is 9.59 Å². The zero-order valence-corrected chi connectivity index (χ0v) is 21.0. The SMILES string of the molecule is CCOC(=O)C(N)(Cc1ccccc1C)c1ccc2c(C(=O)NCc3ccc(C#N)cc3)cccc2c1. The van der Waals surface area contributed by atoms with Crippen LogP contribution in [0.2, 0.25) is 0 Å². The number of hydrogen-bond donors (Lipinski definition) is 2. The molecule has 0 saturated carbocycles. The molecule has 1 unspecified atom stereocenters. The normalized spacial score (nSPS) is 12.4. The molecule has 0 heterocycles. The Labute approximate surface area is 216 Å². The molecule has 4 aromatic rings. The number of nitriles is 1. The van der Waals surface area contributed by atoms with Gasteiger partial charge in [-0.05, 0) is 71.1 Å². The summed E-state index contributed by atoms with van der Waals surface area (Å²) in [6.07, 6.45) is 0.286. The molecule has 37 heavy (non-hydrogen) atoms. The zero-order chi connectivity index (χ0) is 26.4. The van der Waals surface area contributed by atoms with E-state index in [-0.39, 0.29) is 18.9 Å². The highest BCUT2D eigenvalue weighted by molar-refractivity contribution is 6.07. The molecule has 0 aromatic heterocycles. The Kier molecular flexibility index (Phi) is 7.66. The van der Waals surface area contributed by atoms with Gasteiger partial charge in [0.05, 0.1) is 18.2 Å². The minimum Gasteiger partial charge on any atom is -0.464 e. The number of nitrogens with one attached hydrogen (secondary N) is 1. The Morgan fingerprint density at radius 3 is 2.46 bits per heavy atom. The molecule has 0 fully saturated rings. The van der Waals surface area contributed by atoms with Crippen molar-refractivity contribution in [3.63, 3.8) is 0 Å². The van der Waals surface area contributed by atoms with Crippen molar-refractivity contribution in [2.75, 3.05) is 6.61 Å². The number of ether oxygens (including phenoxy) is 1. The fourth-order valence-corrected chi connectivity index (χ4v) is 4.39. The molecule has 0 aliphatic rings. The van der Waals surface area contributed by atoms with E-state index in [4.69, 9.17) is 15.7 Å². The van der Waals surface area contributed by atoms with Crippen LogP contribution in [0.5, 0.6) is 0 Å². The lowest BCUT2D eigenvalue weighted by Crippen LogP contribution is -2.48. The van der Waals surface area contributed by atoms with E-state index in [1.807, 2.05) is 67.6 Å². The highest BCUT2D eigenvalue weighted by Crippen LogP contribution is 2.30. The molecule has 0 radical (unpaired) electrons. The number of aryl methyl sites for hydroxylation is 1. The van der Waals surface area contributed by atoms with E-state index in [0.29, 0.717) is 23.2 Å². The summed E-state index contributed by atoms with van der Waals surface area (Å²) in [4.78, 5) is 26.2. The predicted molar refractivity (Wildman–Crippen MR) is 144 cm³/mol. The summed E-state index contributed by atoms with van der Waals surface area (Å²) >= 11 is 0. The van der Waals surface area contributed by atoms with Crippen LogP contribution in [-0.4, -0.2) is 18.5 Å². The van der Waals surface area contributed by atoms with Gasteiger partial charge in [-0.1, -0.05) is 60.7 Å². The molecule has 6 heteroatoms. The Hall–Kier alpha value is -4.47. The summed E-state index contributed by atoms with van der Waals surface area (Å²) < 4.78 is 5.39. The Bertz CT molecular complexity index is 1490. The van der Waals surface area contributed by atoms with E-state index in [0.717, 1.165) is 27.5 Å². The van der Waals surface area contributed by atoms with Crippen LogP contribution in [0.3, 0.4) is 0 Å². The fourth-order valence-electron chi connectivity index (χ4n) is 4.39. The molecular weight excluding hydrogens is 462 g/mol. The van der Waals surface area contributed by atoms with Gasteiger partial charge in [0, 0.05) is 18.5 Å². The highest BCUT2D eigenvalue weighted by atomic mass is 16.5. The standard InChI is InChI=1S/C31H29N3O3/c1-3-37-30(36)31(33,18-25-8-5-4-7-21(25)2)26-15-16-27-24(17-26)9-6-10-28(27)29(35)34-20-23-13-11-22(19-32)12-14-23/h4-17H,3,18,20,33H2,1-2H3,(H,34,35). The lowest BCUT2D eigenvalue weighted by molar-refractivity contribution is -0.150. The van der Waals surface area contributed by atoms with Crippen molar-refractivity contribution in [3.05, 3.63) is 118 Å². The largest absolute Gasteiger partial charge is 0.464 e. The number of benzene rings is 4. The molecule has 6 nitrogen and oxygen atoms in total. The maximum Gasteiger partial charge on any atom is 0.331 e. The highest BCUT2D eigenvalue weighted by Gasteiger charge is 2.38. The average Bonchev–Trinajstić information content (AvgIpc) is 2.92. The molecule has 0 saturated heterocycles. The summed E-state index contributed by atoms with van der Waals surface area (Å²) in [7, 11) is 0. The van der Waals surface area contributed by atoms with Gasteiger partial charge in [0.1, 0.15) is 5.54 Å². The lowest BCUT2D eigenvalue weighted by atomic mass is 9.82. The molecule has 4 aromatic carbocycles. The quantitative estimate of drug-likeness (QED) is 0.341. The summed E-state index contributed by atoms with van der Waals surface area (Å²) in [6, 6.07) is 28.0. The van der Waals surface area contributed by atoms with Crippen LogP contribution >= 0.6 is 0 Å². The van der Waals surface area contributed by atoms with Crippen LogP contribution in [0.15, 0.2) is 84.9 Å². The van der Waals surface area contributed by atoms with Crippen molar-refractivity contribution in [2.24, 2.45) is 5.73 Å². The second-order valence-corrected chi connectivity index (χ2v) is 9.03. The van der Waals surface area contributed by atoms with Gasteiger partial charge in [-0.2, -0.15) is 5.26 Å². The molecule has 186 valence electrons. The topological polar surface area (TPSA) is 105 Å². The zero-order valence-electron chi connectivity index (χ0n) is 21.0. The summed E-state index contributed by atoms with van der Waals surface area (Å²) in [6.45, 7) is 4.31. The van der Waals surface area contributed by atoms with E-state index < -0.39 is 11.5 Å². The number of amides is 1. The molecule has 1 atom stereocenters. The fraction of sp³-hybridized carbons (Fsp3) is 0.194. The molecule has 4 rings (SSSR count). The first-order valence-electron chi connectivity index (χ1n) is 12.2. The van der Waals surface area contributed by atoms with E-state index in [1.54, 1.807) is 31.2 Å². The van der Waals surface area contributed by atoms with Crippen LogP contribution in [0.1, 0.15) is 45.1 Å². The number of hydrogen-bond acceptors (Lipinski definition) is 5. The van der Waals surface area contributed by atoms with Crippen LogP contribution < -0.4 is 11.1 Å². The van der Waals surface area contributed by atoms with Crippen LogP contribution in [0, 0.1) is 18.3 Å². The monoisotopic (exact) mass is 491 g/mol. The van der Waals surface area contributed by atoms with Gasteiger partial charge >= 0.3 is 5.97 Å². The minimum absolute atomic E-state index is 0.216. The maximum atomic E-state index is 13.1. The van der Waals surface area contributed by atoms with Crippen molar-refractivity contribution in [1.29, 1.82) is 5.26 Å². The van der Waals surface area contributed by atoms with Gasteiger partial charge in [-0.25, -0.2) is 4.79 Å². The average molecular weight is 492 g/mol. The molecule has 0 spiro atoms. The number of esters is 1. The smallest absolute Gasteiger partial charge is 0.331 e. The van der Waals surface area contributed by atoms with E-state index in [2.05, 4.69) is 11.4 Å². The number of fused-ring (bicyclic) bond motifs is 1. The lowest BCUT2D eigenvalue weighted by Gasteiger charge is -2.29. The number of nitrogens with two attached hydrogens (primary N) is 1. The van der Waals surface area contributed by atoms with Gasteiger partial charge in [0.15, 0.2) is 0 Å². The van der Waals surface area contributed by atoms with Gasteiger partial charge in [-0.3, -0.25) is 4.79 Å². The predicted octanol–water partition coefficient (Wildman–Crippen LogP) is 4.91. The number of rotatable bonds is 8. The second kappa shape index (κ2) is 11.1. The van der Waals surface area contributed by atoms with Gasteiger partial charge in [0.2, 0.25) is 0 Å². The Morgan fingerprint density at radius 1 is 1.00 bits per heavy atom. The third kappa shape index (κ3) is 5.53. The third-order valence-corrected chi connectivity index (χ3v) is 6.55. The Morgan fingerprint density at radius 2 is 1.76 bits per heavy atom. The summed E-state index contributed by atoms with van der Waals surface area (Å²) in [5.41, 5.74) is 10.0. The molecule has 0 aliphatic heterocycles. The number of nitrogens with zero attached hydrogens (tertiary/aromatic N) is 1. The molecule has 0 bridgehead atoms. The molecule has 3 N–H and O–H groups in total. The third-order valence-electron chi connectivity index (χ3n) is 6.55. The molecular formula is C31H29N3O3. The first kappa shape index (κ1) is 25.6. The van der Waals surface area contributed by atoms with Gasteiger partial charge in [0.25, 0.3) is 5.91 Å². The summed E-state index contributed by atoms with van der Waals surface area (Å²) in [5, 5.41) is 13.5. The van der Waals surface area contributed by atoms with Gasteiger partial charge in [-0.15, -0.1) is 0 Å². The molecule has 0 aliphatic carbocycles. The molecule has 1 amide bonds. The summed E-state index contributed by atoms with van der Waals surface area (Å²) in [5.74, 6) is -0.707. The van der Waals surface area contributed by atoms with Crippen LogP contribution in [-0.2, 0) is 28.0 Å². The number of carbonyl (C=O) groups is 2. The number of carbonyl (C=O) groups excluding carboxylic acids is 2. The second-order valence-electron chi connectivity index (χ2n) is 9.03. The van der Waals surface area contributed by atoms with Crippen LogP contribution in [0.4, 0.5) is 0 Å².